The maximum atomic E-state index is 10.2. The molecule has 0 aliphatic carbocycles. The Morgan fingerprint density at radius 3 is 3.12 bits per heavy atom. The van der Waals surface area contributed by atoms with Crippen molar-refractivity contribution in [2.24, 2.45) is 0 Å². The number of pyridine rings is 1. The third-order valence-electron chi connectivity index (χ3n) is 2.88. The number of nitriles is 1. The summed E-state index contributed by atoms with van der Waals surface area (Å²) >= 11 is 1.76. The molecule has 0 radical (unpaired) electrons. The number of nitrogens with zero attached hydrogens (tertiary/aromatic N) is 2. The summed E-state index contributed by atoms with van der Waals surface area (Å²) in [6.07, 6.45) is 0.807. The third kappa shape index (κ3) is 2.90. The fraction of sp³-hybridized carbons (Fsp3) is 0.500. The molecule has 2 N–H and O–H groups in total. The quantitative estimate of drug-likeness (QED) is 0.850. The minimum Gasteiger partial charge on any atom is -0.387 e. The van der Waals surface area contributed by atoms with E-state index in [0.717, 1.165) is 23.5 Å². The number of hydrogen-bond donors (Lipinski definition) is 2. The largest absolute Gasteiger partial charge is 0.387 e. The highest BCUT2D eigenvalue weighted by molar-refractivity contribution is 7.99. The molecule has 1 aromatic rings. The van der Waals surface area contributed by atoms with Gasteiger partial charge in [0.2, 0.25) is 0 Å². The molecule has 0 saturated carbocycles. The number of aliphatic hydroxyl groups is 1. The molecular formula is C12H15N3OS. The monoisotopic (exact) mass is 249 g/mol. The van der Waals surface area contributed by atoms with Crippen molar-refractivity contribution in [3.8, 4) is 6.07 Å². The molecule has 0 spiro atoms. The Labute approximate surface area is 105 Å². The van der Waals surface area contributed by atoms with Gasteiger partial charge in [-0.25, -0.2) is 4.98 Å². The van der Waals surface area contributed by atoms with Crippen LogP contribution in [-0.2, 0) is 0 Å². The van der Waals surface area contributed by atoms with Crippen molar-refractivity contribution in [3.63, 3.8) is 0 Å². The first-order valence-corrected chi connectivity index (χ1v) is 6.70. The zero-order chi connectivity index (χ0) is 12.3. The van der Waals surface area contributed by atoms with Gasteiger partial charge in [-0.2, -0.15) is 17.0 Å². The highest BCUT2D eigenvalue weighted by Crippen LogP contribution is 2.27. The van der Waals surface area contributed by atoms with E-state index in [-0.39, 0.29) is 0 Å². The zero-order valence-corrected chi connectivity index (χ0v) is 10.5. The van der Waals surface area contributed by atoms with Crippen molar-refractivity contribution in [3.05, 3.63) is 23.4 Å². The number of rotatable bonds is 3. The topological polar surface area (TPSA) is 68.9 Å². The highest BCUT2D eigenvalue weighted by atomic mass is 32.2. The van der Waals surface area contributed by atoms with Gasteiger partial charge in [-0.1, -0.05) is 6.07 Å². The second-order valence-corrected chi connectivity index (χ2v) is 5.46. The van der Waals surface area contributed by atoms with Gasteiger partial charge in [0, 0.05) is 12.3 Å². The van der Waals surface area contributed by atoms with Gasteiger partial charge >= 0.3 is 0 Å². The second-order valence-electron chi connectivity index (χ2n) is 4.35. The van der Waals surface area contributed by atoms with Crippen molar-refractivity contribution in [2.75, 3.05) is 23.4 Å². The number of nitrogens with one attached hydrogen (secondary N) is 1. The number of thioether (sulfide) groups is 1. The fourth-order valence-electron chi connectivity index (χ4n) is 1.73. The van der Waals surface area contributed by atoms with Crippen molar-refractivity contribution < 1.29 is 5.11 Å². The standard InChI is InChI=1S/C12H15N3OS/c1-9-2-3-11(15-10(9)6-13)14-7-12(16)4-5-17-8-12/h2-3,16H,4-5,7-8H2,1H3,(H,14,15). The summed E-state index contributed by atoms with van der Waals surface area (Å²) in [4.78, 5) is 4.19. The molecule has 17 heavy (non-hydrogen) atoms. The molecule has 2 heterocycles. The van der Waals surface area contributed by atoms with E-state index in [0.29, 0.717) is 18.1 Å². The smallest absolute Gasteiger partial charge is 0.145 e. The van der Waals surface area contributed by atoms with Gasteiger partial charge in [0.15, 0.2) is 0 Å². The van der Waals surface area contributed by atoms with Crippen LogP contribution in [0.25, 0.3) is 0 Å². The van der Waals surface area contributed by atoms with Gasteiger partial charge in [0.1, 0.15) is 17.6 Å². The summed E-state index contributed by atoms with van der Waals surface area (Å²) in [6.45, 7) is 2.34. The number of aryl methyl sites for hydroxylation is 1. The Bertz CT molecular complexity index is 450. The lowest BCUT2D eigenvalue weighted by Crippen LogP contribution is -2.36. The maximum Gasteiger partial charge on any atom is 0.145 e. The Morgan fingerprint density at radius 1 is 1.65 bits per heavy atom. The van der Waals surface area contributed by atoms with E-state index in [4.69, 9.17) is 5.26 Å². The van der Waals surface area contributed by atoms with E-state index in [1.165, 1.54) is 0 Å². The molecule has 90 valence electrons. The lowest BCUT2D eigenvalue weighted by molar-refractivity contribution is 0.0819. The summed E-state index contributed by atoms with van der Waals surface area (Å²) in [5, 5.41) is 22.1. The highest BCUT2D eigenvalue weighted by Gasteiger charge is 2.31. The van der Waals surface area contributed by atoms with E-state index >= 15 is 0 Å². The van der Waals surface area contributed by atoms with E-state index in [2.05, 4.69) is 16.4 Å². The lowest BCUT2D eigenvalue weighted by atomic mass is 10.0. The van der Waals surface area contributed by atoms with Crippen molar-refractivity contribution in [2.45, 2.75) is 18.9 Å². The summed E-state index contributed by atoms with van der Waals surface area (Å²) < 4.78 is 0. The van der Waals surface area contributed by atoms with Crippen molar-refractivity contribution >= 4 is 17.6 Å². The van der Waals surface area contributed by atoms with Gasteiger partial charge in [0.05, 0.1) is 5.60 Å². The van der Waals surface area contributed by atoms with Crippen LogP contribution in [0.3, 0.4) is 0 Å². The van der Waals surface area contributed by atoms with E-state index in [9.17, 15) is 5.11 Å². The summed E-state index contributed by atoms with van der Waals surface area (Å²) in [5.41, 5.74) is 0.667. The normalized spacial score (nSPS) is 23.4. The van der Waals surface area contributed by atoms with Crippen LogP contribution >= 0.6 is 11.8 Å². The first-order valence-electron chi connectivity index (χ1n) is 5.55. The number of hydrogen-bond acceptors (Lipinski definition) is 5. The first-order chi connectivity index (χ1) is 8.13. The van der Waals surface area contributed by atoms with Gasteiger partial charge in [-0.3, -0.25) is 0 Å². The zero-order valence-electron chi connectivity index (χ0n) is 9.73. The Kier molecular flexibility index (Phi) is 3.55. The summed E-state index contributed by atoms with van der Waals surface area (Å²) in [5.74, 6) is 2.41. The van der Waals surface area contributed by atoms with Crippen LogP contribution in [0.4, 0.5) is 5.82 Å². The van der Waals surface area contributed by atoms with Crippen LogP contribution in [0, 0.1) is 18.3 Å². The van der Waals surface area contributed by atoms with E-state index < -0.39 is 5.60 Å². The van der Waals surface area contributed by atoms with E-state index in [1.807, 2.05) is 19.1 Å². The molecular weight excluding hydrogens is 234 g/mol. The molecule has 1 saturated heterocycles. The molecule has 4 nitrogen and oxygen atoms in total. The van der Waals surface area contributed by atoms with Crippen molar-refractivity contribution in [1.29, 1.82) is 5.26 Å². The van der Waals surface area contributed by atoms with Gasteiger partial charge in [-0.05, 0) is 30.7 Å². The van der Waals surface area contributed by atoms with Gasteiger partial charge < -0.3 is 10.4 Å². The molecule has 0 amide bonds. The second kappa shape index (κ2) is 4.94. The van der Waals surface area contributed by atoms with Crippen LogP contribution in [0.2, 0.25) is 0 Å². The summed E-state index contributed by atoms with van der Waals surface area (Å²) in [7, 11) is 0. The molecule has 1 fully saturated rings. The molecule has 2 rings (SSSR count). The Morgan fingerprint density at radius 2 is 2.47 bits per heavy atom. The average molecular weight is 249 g/mol. The molecule has 0 bridgehead atoms. The van der Waals surface area contributed by atoms with Crippen LogP contribution < -0.4 is 5.32 Å². The van der Waals surface area contributed by atoms with E-state index in [1.54, 1.807) is 11.8 Å². The molecule has 1 aromatic heterocycles. The molecule has 0 aromatic carbocycles. The molecule has 1 unspecified atom stereocenters. The van der Waals surface area contributed by atoms with Gasteiger partial charge in [-0.15, -0.1) is 0 Å². The number of anilines is 1. The molecule has 5 heteroatoms. The average Bonchev–Trinajstić information content (AvgIpc) is 2.76. The Hall–Kier alpha value is -1.25. The fourth-order valence-corrected chi connectivity index (χ4v) is 3.03. The number of aromatic nitrogens is 1. The predicted molar refractivity (Wildman–Crippen MR) is 69.1 cm³/mol. The minimum absolute atomic E-state index is 0.433. The molecule has 1 aliphatic rings. The van der Waals surface area contributed by atoms with Crippen LogP contribution in [0.5, 0.6) is 0 Å². The third-order valence-corrected chi connectivity index (χ3v) is 4.12. The molecule has 1 aliphatic heterocycles. The maximum absolute atomic E-state index is 10.2. The van der Waals surface area contributed by atoms with Crippen LogP contribution in [-0.4, -0.2) is 33.7 Å². The SMILES string of the molecule is Cc1ccc(NCC2(O)CCSC2)nc1C#N. The lowest BCUT2D eigenvalue weighted by Gasteiger charge is -2.21. The first kappa shape index (κ1) is 12.2. The minimum atomic E-state index is -0.635. The Balaban J connectivity index is 2.02. The van der Waals surface area contributed by atoms with Gasteiger partial charge in [0.25, 0.3) is 0 Å². The van der Waals surface area contributed by atoms with Crippen molar-refractivity contribution in [1.82, 2.24) is 4.98 Å². The summed E-state index contributed by atoms with van der Waals surface area (Å²) in [6, 6.07) is 5.75. The predicted octanol–water partition coefficient (Wildman–Crippen LogP) is 1.54. The van der Waals surface area contributed by atoms with Crippen LogP contribution in [0.1, 0.15) is 17.7 Å². The molecule has 1 atom stereocenters. The van der Waals surface area contributed by atoms with Crippen LogP contribution in [0.15, 0.2) is 12.1 Å².